The Labute approximate surface area is 165 Å². The van der Waals surface area contributed by atoms with Crippen molar-refractivity contribution in [3.8, 4) is 11.5 Å². The molecule has 1 N–H and O–H groups in total. The van der Waals surface area contributed by atoms with Crippen LogP contribution in [0.1, 0.15) is 36.7 Å². The van der Waals surface area contributed by atoms with E-state index in [9.17, 15) is 13.2 Å². The van der Waals surface area contributed by atoms with Gasteiger partial charge in [0.2, 0.25) is 0 Å². The van der Waals surface area contributed by atoms with Crippen molar-refractivity contribution in [1.29, 1.82) is 0 Å². The summed E-state index contributed by atoms with van der Waals surface area (Å²) >= 11 is 0. The number of esters is 1. The molecular formula is C20H25NO6S. The fourth-order valence-corrected chi connectivity index (χ4v) is 3.65. The molecule has 0 aliphatic heterocycles. The number of methoxy groups -OCH3 is 3. The summed E-state index contributed by atoms with van der Waals surface area (Å²) in [6, 6.07) is 9.34. The topological polar surface area (TPSA) is 90.9 Å². The lowest BCUT2D eigenvalue weighted by molar-refractivity contribution is 0.0601. The Hall–Kier alpha value is -2.74. The molecule has 0 amide bonds. The van der Waals surface area contributed by atoms with E-state index in [4.69, 9.17) is 14.2 Å². The molecule has 28 heavy (non-hydrogen) atoms. The van der Waals surface area contributed by atoms with Crippen molar-refractivity contribution in [1.82, 2.24) is 0 Å². The van der Waals surface area contributed by atoms with Gasteiger partial charge in [-0.3, -0.25) is 4.72 Å². The van der Waals surface area contributed by atoms with E-state index in [2.05, 4.69) is 4.72 Å². The van der Waals surface area contributed by atoms with Gasteiger partial charge in [0, 0.05) is 12.1 Å². The summed E-state index contributed by atoms with van der Waals surface area (Å²) in [6.45, 7) is 6.13. The standard InChI is InChI=1S/C20H25NO6S/c1-20(2,3)13-7-9-14(10-8-13)28(23,24)21-16-12-18(26-5)17(25-4)11-15(16)19(22)27-6/h7-12,21H,1-6H3. The van der Waals surface area contributed by atoms with Crippen molar-refractivity contribution in [3.05, 3.63) is 47.5 Å². The molecule has 0 spiro atoms. The van der Waals surface area contributed by atoms with Gasteiger partial charge in [-0.15, -0.1) is 0 Å². The Morgan fingerprint density at radius 3 is 1.93 bits per heavy atom. The van der Waals surface area contributed by atoms with E-state index < -0.39 is 16.0 Å². The first kappa shape index (κ1) is 21.6. The first-order valence-corrected chi connectivity index (χ1v) is 9.99. The molecule has 0 aliphatic carbocycles. The minimum absolute atomic E-state index is 0.00929. The Balaban J connectivity index is 2.49. The molecule has 0 saturated heterocycles. The number of nitrogens with one attached hydrogen (secondary N) is 1. The van der Waals surface area contributed by atoms with Gasteiger partial charge in [-0.2, -0.15) is 0 Å². The molecule has 8 heteroatoms. The van der Waals surface area contributed by atoms with E-state index in [1.165, 1.54) is 45.6 Å². The molecule has 0 unspecified atom stereocenters. The van der Waals surface area contributed by atoms with Crippen molar-refractivity contribution < 1.29 is 27.4 Å². The smallest absolute Gasteiger partial charge is 0.340 e. The number of rotatable bonds is 6. The summed E-state index contributed by atoms with van der Waals surface area (Å²) in [4.78, 5) is 12.2. The third-order valence-corrected chi connectivity index (χ3v) is 5.59. The average molecular weight is 407 g/mol. The van der Waals surface area contributed by atoms with Gasteiger partial charge in [-0.05, 0) is 23.1 Å². The summed E-state index contributed by atoms with van der Waals surface area (Å²) in [5, 5.41) is 0. The van der Waals surface area contributed by atoms with Crippen molar-refractivity contribution in [3.63, 3.8) is 0 Å². The molecule has 2 rings (SSSR count). The monoisotopic (exact) mass is 407 g/mol. The van der Waals surface area contributed by atoms with Crippen LogP contribution >= 0.6 is 0 Å². The molecule has 2 aromatic rings. The molecule has 2 aromatic carbocycles. The highest BCUT2D eigenvalue weighted by atomic mass is 32.2. The van der Waals surface area contributed by atoms with Gasteiger partial charge in [-0.1, -0.05) is 32.9 Å². The van der Waals surface area contributed by atoms with Crippen molar-refractivity contribution in [2.45, 2.75) is 31.1 Å². The van der Waals surface area contributed by atoms with Gasteiger partial charge in [0.15, 0.2) is 11.5 Å². The number of sulfonamides is 1. The van der Waals surface area contributed by atoms with Crippen LogP contribution in [0.25, 0.3) is 0 Å². The molecule has 0 fully saturated rings. The van der Waals surface area contributed by atoms with Crippen LogP contribution < -0.4 is 14.2 Å². The maximum absolute atomic E-state index is 12.8. The largest absolute Gasteiger partial charge is 0.493 e. The van der Waals surface area contributed by atoms with E-state index in [1.54, 1.807) is 12.1 Å². The molecule has 0 saturated carbocycles. The van der Waals surface area contributed by atoms with Crippen LogP contribution in [0.2, 0.25) is 0 Å². The quantitative estimate of drug-likeness (QED) is 0.736. The van der Waals surface area contributed by atoms with Gasteiger partial charge >= 0.3 is 5.97 Å². The highest BCUT2D eigenvalue weighted by molar-refractivity contribution is 7.92. The van der Waals surface area contributed by atoms with Crippen molar-refractivity contribution in [2.75, 3.05) is 26.1 Å². The van der Waals surface area contributed by atoms with Crippen LogP contribution in [-0.2, 0) is 20.2 Å². The maximum Gasteiger partial charge on any atom is 0.340 e. The molecule has 0 aliphatic rings. The van der Waals surface area contributed by atoms with E-state index in [1.807, 2.05) is 20.8 Å². The zero-order valence-electron chi connectivity index (χ0n) is 16.8. The number of hydrogen-bond acceptors (Lipinski definition) is 6. The lowest BCUT2D eigenvalue weighted by Crippen LogP contribution is -2.17. The molecule has 0 atom stereocenters. The molecule has 0 aromatic heterocycles. The number of ether oxygens (including phenoxy) is 3. The molecule has 7 nitrogen and oxygen atoms in total. The van der Waals surface area contributed by atoms with Crippen LogP contribution in [-0.4, -0.2) is 35.7 Å². The SMILES string of the molecule is COC(=O)c1cc(OC)c(OC)cc1NS(=O)(=O)c1ccc(C(C)(C)C)cc1. The maximum atomic E-state index is 12.8. The summed E-state index contributed by atoms with van der Waals surface area (Å²) < 4.78 is 43.3. The highest BCUT2D eigenvalue weighted by Crippen LogP contribution is 2.35. The number of anilines is 1. The fourth-order valence-electron chi connectivity index (χ4n) is 2.58. The highest BCUT2D eigenvalue weighted by Gasteiger charge is 2.23. The number of hydrogen-bond donors (Lipinski definition) is 1. The molecule has 0 radical (unpaired) electrons. The van der Waals surface area contributed by atoms with E-state index in [0.717, 1.165) is 5.56 Å². The summed E-state index contributed by atoms with van der Waals surface area (Å²) in [6.07, 6.45) is 0. The second-order valence-corrected chi connectivity index (χ2v) is 8.81. The fraction of sp³-hybridized carbons (Fsp3) is 0.350. The number of carbonyl (C=O) groups excluding carboxylic acids is 1. The third kappa shape index (κ3) is 4.56. The van der Waals surface area contributed by atoms with Crippen molar-refractivity contribution in [2.24, 2.45) is 0 Å². The Morgan fingerprint density at radius 2 is 1.46 bits per heavy atom. The minimum atomic E-state index is -3.94. The van der Waals surface area contributed by atoms with Crippen LogP contribution in [0.5, 0.6) is 11.5 Å². The first-order valence-electron chi connectivity index (χ1n) is 8.51. The predicted molar refractivity (Wildman–Crippen MR) is 107 cm³/mol. The Morgan fingerprint density at radius 1 is 0.929 bits per heavy atom. The lowest BCUT2D eigenvalue weighted by Gasteiger charge is -2.19. The van der Waals surface area contributed by atoms with Gasteiger partial charge < -0.3 is 14.2 Å². The second kappa shape index (κ2) is 8.10. The zero-order chi connectivity index (χ0) is 21.1. The van der Waals surface area contributed by atoms with Crippen LogP contribution in [0, 0.1) is 0 Å². The normalized spacial score (nSPS) is 11.6. The Kier molecular flexibility index (Phi) is 6.23. The van der Waals surface area contributed by atoms with Crippen molar-refractivity contribution >= 4 is 21.7 Å². The van der Waals surface area contributed by atoms with Crippen LogP contribution in [0.4, 0.5) is 5.69 Å². The lowest BCUT2D eigenvalue weighted by atomic mass is 9.87. The van der Waals surface area contributed by atoms with E-state index in [0.29, 0.717) is 0 Å². The van der Waals surface area contributed by atoms with Gasteiger partial charge in [-0.25, -0.2) is 13.2 Å². The number of carbonyl (C=O) groups is 1. The summed E-state index contributed by atoms with van der Waals surface area (Å²) in [5.74, 6) is -0.155. The van der Waals surface area contributed by atoms with Crippen LogP contribution in [0.3, 0.4) is 0 Å². The van der Waals surface area contributed by atoms with Gasteiger partial charge in [0.1, 0.15) is 0 Å². The van der Waals surface area contributed by atoms with Crippen LogP contribution in [0.15, 0.2) is 41.3 Å². The average Bonchev–Trinajstić information content (AvgIpc) is 2.66. The summed E-state index contributed by atoms with van der Waals surface area (Å²) in [5.41, 5.74) is 0.948. The number of benzene rings is 2. The molecule has 0 bridgehead atoms. The third-order valence-electron chi connectivity index (χ3n) is 4.20. The zero-order valence-corrected chi connectivity index (χ0v) is 17.6. The van der Waals surface area contributed by atoms with Gasteiger partial charge in [0.25, 0.3) is 10.0 Å². The first-order chi connectivity index (χ1) is 13.0. The minimum Gasteiger partial charge on any atom is -0.493 e. The van der Waals surface area contributed by atoms with E-state index in [-0.39, 0.29) is 33.1 Å². The van der Waals surface area contributed by atoms with E-state index >= 15 is 0 Å². The Bertz CT molecular complexity index is 959. The van der Waals surface area contributed by atoms with Gasteiger partial charge in [0.05, 0.1) is 37.5 Å². The molecule has 0 heterocycles. The predicted octanol–water partition coefficient (Wildman–Crippen LogP) is 3.59. The second-order valence-electron chi connectivity index (χ2n) is 7.12. The summed E-state index contributed by atoms with van der Waals surface area (Å²) in [7, 11) is 0.104. The molecule has 152 valence electrons. The molecular weight excluding hydrogens is 382 g/mol.